The number of unbranched alkanes of at least 4 members (excludes halogenated alkanes) is 24. The Hall–Kier alpha value is -3.53. The number of ether oxygens (including phenoxy) is 3. The fourth-order valence-corrected chi connectivity index (χ4v) is 10.2. The molecule has 0 spiro atoms. The highest BCUT2D eigenvalue weighted by Gasteiger charge is 2.29. The van der Waals surface area contributed by atoms with Crippen molar-refractivity contribution in [1.29, 1.82) is 0 Å². The fraction of sp³-hybridized carbons (Fsp3) is 0.725. The number of carbonyl (C=O) groups excluding carboxylic acids is 3. The standard InChI is InChI=1S/C69H120O16P2/c1-4-7-10-13-16-19-22-24-26-28-30-31-33-35-36-38-41-43-46-49-52-55-67(72)79-58-64(70)59-81-86(75,76)82-60-65(71)61-83-87(77,78)84-63-66(85-69(74)57-54-51-48-45-40-21-18-15-12-9-6-3)62-80-68(73)56-53-50-47-44-42-39-37-34-32-29-27-25-23-20-17-14-11-8-5-2/h8,11,16-17,19-20,24-27,30-32,34-36,64-66,70-71H,4-7,9-10,12-15,18,21-23,28-29,33,37-63H2,1-3H3,(H,75,76)(H,77,78)/b11-8-,19-16-,20-17-,26-24-,27-25-,31-30-,34-32-,36-35-. The molecule has 0 aliphatic carbocycles. The molecule has 0 aromatic rings. The normalized spacial score (nSPS) is 14.9. The van der Waals surface area contributed by atoms with E-state index in [1.807, 2.05) is 0 Å². The number of esters is 3. The largest absolute Gasteiger partial charge is 0.472 e. The van der Waals surface area contributed by atoms with E-state index in [0.29, 0.717) is 19.3 Å². The number of allylic oxidation sites excluding steroid dienone is 16. The molecule has 0 radical (unpaired) electrons. The van der Waals surface area contributed by atoms with E-state index in [1.54, 1.807) is 0 Å². The van der Waals surface area contributed by atoms with Crippen molar-refractivity contribution in [1.82, 2.24) is 0 Å². The molecule has 502 valence electrons. The number of rotatable bonds is 63. The van der Waals surface area contributed by atoms with Gasteiger partial charge in [0, 0.05) is 19.3 Å². The molecule has 0 aliphatic rings. The van der Waals surface area contributed by atoms with E-state index in [0.717, 1.165) is 141 Å². The van der Waals surface area contributed by atoms with Crippen LogP contribution in [0.4, 0.5) is 0 Å². The van der Waals surface area contributed by atoms with Gasteiger partial charge in [-0.05, 0) is 103 Å². The number of hydrogen-bond acceptors (Lipinski definition) is 14. The predicted molar refractivity (Wildman–Crippen MR) is 353 cm³/mol. The van der Waals surface area contributed by atoms with Gasteiger partial charge in [0.15, 0.2) is 6.10 Å². The second-order valence-corrected chi connectivity index (χ2v) is 25.2. The van der Waals surface area contributed by atoms with Crippen LogP contribution in [0, 0.1) is 0 Å². The number of phosphoric ester groups is 2. The Bertz CT molecular complexity index is 1980. The summed E-state index contributed by atoms with van der Waals surface area (Å²) in [5.74, 6) is -1.61. The maximum absolute atomic E-state index is 12.9. The average molecular weight is 1270 g/mol. The van der Waals surface area contributed by atoms with Gasteiger partial charge in [0.25, 0.3) is 0 Å². The van der Waals surface area contributed by atoms with Crippen LogP contribution in [-0.4, -0.2) is 95.9 Å². The smallest absolute Gasteiger partial charge is 0.463 e. The number of phosphoric acid groups is 2. The SMILES string of the molecule is CC/C=C\C/C=C\C/C=C\C/C=C\CCCCCCCCC(=O)OCC(COP(=O)(O)OCC(O)COP(=O)(O)OCC(O)COC(=O)CCCCCCC/C=C\C/C=C\C/C=C\C/C=C\CCCCC)OC(=O)CCCCCCCCCCCCC. The summed E-state index contributed by atoms with van der Waals surface area (Å²) >= 11 is 0. The molecule has 0 bridgehead atoms. The minimum Gasteiger partial charge on any atom is -0.463 e. The van der Waals surface area contributed by atoms with Gasteiger partial charge in [0.05, 0.1) is 26.4 Å². The highest BCUT2D eigenvalue weighted by molar-refractivity contribution is 7.47. The van der Waals surface area contributed by atoms with Gasteiger partial charge in [0.2, 0.25) is 0 Å². The summed E-state index contributed by atoms with van der Waals surface area (Å²) in [6.07, 6.45) is 67.5. The van der Waals surface area contributed by atoms with Crippen molar-refractivity contribution in [3.63, 3.8) is 0 Å². The van der Waals surface area contributed by atoms with Gasteiger partial charge in [-0.15, -0.1) is 0 Å². The lowest BCUT2D eigenvalue weighted by atomic mass is 10.1. The summed E-state index contributed by atoms with van der Waals surface area (Å²) in [4.78, 5) is 58.3. The van der Waals surface area contributed by atoms with Gasteiger partial charge in [-0.1, -0.05) is 240 Å². The lowest BCUT2D eigenvalue weighted by molar-refractivity contribution is -0.161. The van der Waals surface area contributed by atoms with E-state index in [2.05, 4.69) is 118 Å². The summed E-state index contributed by atoms with van der Waals surface area (Å²) < 4.78 is 60.8. The molecule has 5 atom stereocenters. The third-order valence-corrected chi connectivity index (χ3v) is 15.7. The number of hydrogen-bond donors (Lipinski definition) is 4. The van der Waals surface area contributed by atoms with Crippen molar-refractivity contribution in [2.75, 3.05) is 39.6 Å². The molecule has 0 amide bonds. The zero-order valence-corrected chi connectivity index (χ0v) is 56.0. The number of aliphatic hydroxyl groups is 2. The van der Waals surface area contributed by atoms with Crippen LogP contribution in [0.2, 0.25) is 0 Å². The average Bonchev–Trinajstić information content (AvgIpc) is 3.53. The van der Waals surface area contributed by atoms with E-state index in [1.165, 1.54) is 64.2 Å². The monoisotopic (exact) mass is 1270 g/mol. The van der Waals surface area contributed by atoms with E-state index < -0.39 is 91.5 Å². The Morgan fingerprint density at radius 3 is 0.989 bits per heavy atom. The highest BCUT2D eigenvalue weighted by atomic mass is 31.2. The van der Waals surface area contributed by atoms with Crippen molar-refractivity contribution in [3.8, 4) is 0 Å². The van der Waals surface area contributed by atoms with Crippen LogP contribution in [-0.2, 0) is 55.8 Å². The van der Waals surface area contributed by atoms with Crippen LogP contribution in [0.15, 0.2) is 97.2 Å². The minimum atomic E-state index is -4.92. The first kappa shape index (κ1) is 83.5. The van der Waals surface area contributed by atoms with Crippen molar-refractivity contribution >= 4 is 33.6 Å². The van der Waals surface area contributed by atoms with Crippen LogP contribution in [0.1, 0.15) is 265 Å². The van der Waals surface area contributed by atoms with Gasteiger partial charge >= 0.3 is 33.6 Å². The lowest BCUT2D eigenvalue weighted by Crippen LogP contribution is -2.30. The predicted octanol–water partition coefficient (Wildman–Crippen LogP) is 18.3. The topological polar surface area (TPSA) is 231 Å². The molecule has 0 aromatic heterocycles. The van der Waals surface area contributed by atoms with Crippen molar-refractivity contribution in [3.05, 3.63) is 97.2 Å². The van der Waals surface area contributed by atoms with Gasteiger partial charge < -0.3 is 34.2 Å². The molecule has 0 aliphatic heterocycles. The highest BCUT2D eigenvalue weighted by Crippen LogP contribution is 2.45. The maximum Gasteiger partial charge on any atom is 0.472 e. The van der Waals surface area contributed by atoms with Gasteiger partial charge in [-0.25, -0.2) is 9.13 Å². The molecular formula is C69H120O16P2. The summed E-state index contributed by atoms with van der Waals surface area (Å²) in [5.41, 5.74) is 0. The third kappa shape index (κ3) is 63.8. The van der Waals surface area contributed by atoms with Gasteiger partial charge in [-0.2, -0.15) is 0 Å². The van der Waals surface area contributed by atoms with E-state index in [-0.39, 0.29) is 19.3 Å². The number of carbonyl (C=O) groups is 3. The molecule has 4 N–H and O–H groups in total. The zero-order chi connectivity index (χ0) is 63.8. The van der Waals surface area contributed by atoms with Crippen LogP contribution < -0.4 is 0 Å². The molecule has 0 rings (SSSR count). The molecule has 0 aromatic carbocycles. The zero-order valence-electron chi connectivity index (χ0n) is 54.2. The van der Waals surface area contributed by atoms with Crippen LogP contribution in [0.3, 0.4) is 0 Å². The molecule has 18 heteroatoms. The van der Waals surface area contributed by atoms with Crippen molar-refractivity contribution in [2.45, 2.75) is 283 Å². The summed E-state index contributed by atoms with van der Waals surface area (Å²) in [6, 6.07) is 0. The number of aliphatic hydroxyl groups excluding tert-OH is 2. The summed E-state index contributed by atoms with van der Waals surface area (Å²) in [7, 11) is -9.77. The van der Waals surface area contributed by atoms with Crippen LogP contribution >= 0.6 is 15.6 Å². The molecule has 0 saturated carbocycles. The summed E-state index contributed by atoms with van der Waals surface area (Å²) in [6.45, 7) is 2.48. The van der Waals surface area contributed by atoms with Crippen molar-refractivity contribution < 1.29 is 75.8 Å². The Morgan fingerprint density at radius 1 is 0.333 bits per heavy atom. The first-order valence-corrected chi connectivity index (χ1v) is 36.5. The molecule has 5 unspecified atom stereocenters. The van der Waals surface area contributed by atoms with Crippen LogP contribution in [0.25, 0.3) is 0 Å². The quantitative estimate of drug-likeness (QED) is 0.0146. The van der Waals surface area contributed by atoms with Gasteiger partial charge in [-0.3, -0.25) is 32.5 Å². The molecule has 16 nitrogen and oxygen atoms in total. The Labute approximate surface area is 527 Å². The Balaban J connectivity index is 4.61. The van der Waals surface area contributed by atoms with E-state index >= 15 is 0 Å². The third-order valence-electron chi connectivity index (χ3n) is 13.8. The Morgan fingerprint density at radius 2 is 0.609 bits per heavy atom. The second kappa shape index (κ2) is 62.7. The maximum atomic E-state index is 12.9. The first-order chi connectivity index (χ1) is 42.2. The van der Waals surface area contributed by atoms with E-state index in [9.17, 15) is 43.5 Å². The second-order valence-electron chi connectivity index (χ2n) is 22.2. The van der Waals surface area contributed by atoms with Crippen LogP contribution in [0.5, 0.6) is 0 Å². The molecule has 87 heavy (non-hydrogen) atoms. The Kier molecular flexibility index (Phi) is 60.1. The van der Waals surface area contributed by atoms with E-state index in [4.69, 9.17) is 32.3 Å². The van der Waals surface area contributed by atoms with Gasteiger partial charge in [0.1, 0.15) is 25.4 Å². The fourth-order valence-electron chi connectivity index (χ4n) is 8.66. The first-order valence-electron chi connectivity index (χ1n) is 33.5. The molecule has 0 heterocycles. The minimum absolute atomic E-state index is 0.102. The molecular weight excluding hydrogens is 1150 g/mol. The molecule has 0 saturated heterocycles. The lowest BCUT2D eigenvalue weighted by Gasteiger charge is -2.21. The summed E-state index contributed by atoms with van der Waals surface area (Å²) in [5, 5.41) is 20.5. The van der Waals surface area contributed by atoms with Crippen molar-refractivity contribution in [2.24, 2.45) is 0 Å². The molecule has 0 fully saturated rings.